The molecule has 0 aliphatic heterocycles. The Bertz CT molecular complexity index is 840. The highest BCUT2D eigenvalue weighted by atomic mass is 32.1. The van der Waals surface area contributed by atoms with Gasteiger partial charge in [-0.05, 0) is 31.9 Å². The van der Waals surface area contributed by atoms with Crippen molar-refractivity contribution in [3.63, 3.8) is 0 Å². The van der Waals surface area contributed by atoms with E-state index in [1.54, 1.807) is 12.1 Å². The lowest BCUT2D eigenvalue weighted by molar-refractivity contribution is 0.102. The predicted octanol–water partition coefficient (Wildman–Crippen LogP) is 3.12. The van der Waals surface area contributed by atoms with E-state index in [-0.39, 0.29) is 11.5 Å². The first kappa shape index (κ1) is 16.1. The molecule has 2 heterocycles. The minimum atomic E-state index is -0.633. The minimum Gasteiger partial charge on any atom is -0.506 e. The van der Waals surface area contributed by atoms with Crippen LogP contribution in [0.5, 0.6) is 0 Å². The van der Waals surface area contributed by atoms with Gasteiger partial charge in [0.15, 0.2) is 10.9 Å². The topological polar surface area (TPSA) is 101 Å². The molecule has 1 amide bonds. The number of fused-ring (bicyclic) bond motifs is 1. The van der Waals surface area contributed by atoms with Crippen molar-refractivity contribution in [3.05, 3.63) is 45.7 Å². The maximum atomic E-state index is 12.6. The number of thiazole rings is 1. The van der Waals surface area contributed by atoms with Crippen LogP contribution in [0.15, 0.2) is 23.9 Å². The number of hydrogen-bond acceptors (Lipinski definition) is 7. The van der Waals surface area contributed by atoms with Gasteiger partial charge >= 0.3 is 6.09 Å². The summed E-state index contributed by atoms with van der Waals surface area (Å²) in [4.78, 5) is 32.7. The molecular weight excluding hydrogens is 330 g/mol. The quantitative estimate of drug-likeness (QED) is 0.829. The molecule has 2 aromatic rings. The average Bonchev–Trinajstić information content (AvgIpc) is 2.98. The van der Waals surface area contributed by atoms with Crippen LogP contribution < -0.4 is 5.32 Å². The Balaban J connectivity index is 1.92. The molecule has 7 nitrogen and oxygen atoms in total. The summed E-state index contributed by atoms with van der Waals surface area (Å²) < 4.78 is 4.52. The molecule has 0 unspecified atom stereocenters. The molecule has 0 saturated heterocycles. The van der Waals surface area contributed by atoms with Crippen molar-refractivity contribution in [1.82, 2.24) is 9.97 Å². The van der Waals surface area contributed by atoms with Gasteiger partial charge in [-0.1, -0.05) is 11.3 Å². The number of ether oxygens (including phenoxy) is 1. The summed E-state index contributed by atoms with van der Waals surface area (Å²) in [5.41, 5.74) is 2.24. The van der Waals surface area contributed by atoms with E-state index in [4.69, 9.17) is 0 Å². The first-order valence-electron chi connectivity index (χ1n) is 7.24. The average molecular weight is 345 g/mol. The lowest BCUT2D eigenvalue weighted by atomic mass is 9.93. The SMILES string of the molecule is COC(=O)Nc1nc2c(s1)C(O)=C(C(=O)c1ccc(C)nc1)CC2. The molecule has 0 fully saturated rings. The zero-order valence-electron chi connectivity index (χ0n) is 13.1. The largest absolute Gasteiger partial charge is 0.506 e. The number of nitrogens with zero attached hydrogens (tertiary/aromatic N) is 2. The smallest absolute Gasteiger partial charge is 0.413 e. The molecule has 0 saturated carbocycles. The maximum absolute atomic E-state index is 12.6. The van der Waals surface area contributed by atoms with Gasteiger partial charge < -0.3 is 9.84 Å². The fourth-order valence-corrected chi connectivity index (χ4v) is 3.36. The first-order chi connectivity index (χ1) is 11.5. The van der Waals surface area contributed by atoms with E-state index in [9.17, 15) is 14.7 Å². The summed E-state index contributed by atoms with van der Waals surface area (Å²) in [7, 11) is 1.26. The first-order valence-corrected chi connectivity index (χ1v) is 8.05. The molecule has 2 aromatic heterocycles. The van der Waals surface area contributed by atoms with Crippen molar-refractivity contribution < 1.29 is 19.4 Å². The second kappa shape index (κ2) is 6.40. The van der Waals surface area contributed by atoms with Crippen LogP contribution in [0.4, 0.5) is 9.93 Å². The molecule has 1 aliphatic carbocycles. The monoisotopic (exact) mass is 345 g/mol. The summed E-state index contributed by atoms with van der Waals surface area (Å²) >= 11 is 1.11. The van der Waals surface area contributed by atoms with Gasteiger partial charge in [-0.25, -0.2) is 9.78 Å². The number of pyridine rings is 1. The number of aromatic nitrogens is 2. The lowest BCUT2D eigenvalue weighted by Crippen LogP contribution is -2.12. The third-order valence-corrected chi connectivity index (χ3v) is 4.67. The number of amides is 1. The van der Waals surface area contributed by atoms with Gasteiger partial charge in [-0.2, -0.15) is 0 Å². The number of anilines is 1. The van der Waals surface area contributed by atoms with Crippen LogP contribution in [-0.2, 0) is 11.2 Å². The van der Waals surface area contributed by atoms with Crippen molar-refractivity contribution in [2.24, 2.45) is 0 Å². The molecule has 2 N–H and O–H groups in total. The molecule has 0 atom stereocenters. The van der Waals surface area contributed by atoms with Crippen LogP contribution in [0.2, 0.25) is 0 Å². The van der Waals surface area contributed by atoms with Crippen molar-refractivity contribution in [3.8, 4) is 0 Å². The summed E-state index contributed by atoms with van der Waals surface area (Å²) in [5, 5.41) is 13.3. The fraction of sp³-hybridized carbons (Fsp3) is 0.250. The van der Waals surface area contributed by atoms with Crippen LogP contribution in [0, 0.1) is 6.92 Å². The molecule has 3 rings (SSSR count). The second-order valence-electron chi connectivity index (χ2n) is 5.26. The number of carbonyl (C=O) groups excluding carboxylic acids is 2. The Kier molecular flexibility index (Phi) is 4.30. The van der Waals surface area contributed by atoms with Gasteiger partial charge in [-0.15, -0.1) is 0 Å². The number of hydrogen-bond donors (Lipinski definition) is 2. The highest BCUT2D eigenvalue weighted by molar-refractivity contribution is 7.16. The molecule has 1 aliphatic rings. The molecule has 8 heteroatoms. The van der Waals surface area contributed by atoms with E-state index in [0.29, 0.717) is 39.7 Å². The number of carbonyl (C=O) groups is 2. The normalized spacial score (nSPS) is 13.4. The number of aliphatic hydroxyl groups excluding tert-OH is 1. The van der Waals surface area contributed by atoms with Gasteiger partial charge in [0, 0.05) is 23.0 Å². The van der Waals surface area contributed by atoms with Crippen LogP contribution in [0.25, 0.3) is 5.76 Å². The number of methoxy groups -OCH3 is 1. The number of rotatable bonds is 3. The zero-order valence-corrected chi connectivity index (χ0v) is 13.9. The van der Waals surface area contributed by atoms with E-state index >= 15 is 0 Å². The molecular formula is C16H15N3O4S. The second-order valence-corrected chi connectivity index (χ2v) is 6.26. The number of nitrogens with one attached hydrogen (secondary N) is 1. The fourth-order valence-electron chi connectivity index (χ4n) is 2.39. The third-order valence-electron chi connectivity index (χ3n) is 3.65. The summed E-state index contributed by atoms with van der Waals surface area (Å²) in [6.07, 6.45) is 1.77. The van der Waals surface area contributed by atoms with E-state index < -0.39 is 6.09 Å². The minimum absolute atomic E-state index is 0.0859. The van der Waals surface area contributed by atoms with Gasteiger partial charge in [0.2, 0.25) is 0 Å². The van der Waals surface area contributed by atoms with Gasteiger partial charge in [0.25, 0.3) is 0 Å². The number of aliphatic hydroxyl groups is 1. The summed E-state index contributed by atoms with van der Waals surface area (Å²) in [6, 6.07) is 3.45. The van der Waals surface area contributed by atoms with Crippen LogP contribution in [0.1, 0.15) is 33.0 Å². The van der Waals surface area contributed by atoms with Crippen LogP contribution in [0.3, 0.4) is 0 Å². The van der Waals surface area contributed by atoms with Crippen molar-refractivity contribution in [2.75, 3.05) is 12.4 Å². The zero-order chi connectivity index (χ0) is 17.3. The Morgan fingerprint density at radius 1 is 1.33 bits per heavy atom. The lowest BCUT2D eigenvalue weighted by Gasteiger charge is -2.14. The summed E-state index contributed by atoms with van der Waals surface area (Å²) in [6.45, 7) is 1.84. The number of aryl methyl sites for hydroxylation is 2. The predicted molar refractivity (Wildman–Crippen MR) is 89.3 cm³/mol. The standard InChI is InChI=1S/C16H15N3O4S/c1-8-3-4-9(7-17-8)12(20)10-5-6-11-14(13(10)21)24-15(18-11)19-16(22)23-2/h3-4,7,21H,5-6H2,1-2H3,(H,18,19,22). The maximum Gasteiger partial charge on any atom is 0.413 e. The van der Waals surface area contributed by atoms with E-state index in [1.807, 2.05) is 6.92 Å². The van der Waals surface area contributed by atoms with Crippen molar-refractivity contribution in [1.29, 1.82) is 0 Å². The van der Waals surface area contributed by atoms with Crippen molar-refractivity contribution in [2.45, 2.75) is 19.8 Å². The molecule has 0 bridgehead atoms. The van der Waals surface area contributed by atoms with Crippen molar-refractivity contribution >= 4 is 34.1 Å². The number of ketones is 1. The van der Waals surface area contributed by atoms with Gasteiger partial charge in [-0.3, -0.25) is 15.1 Å². The molecule has 24 heavy (non-hydrogen) atoms. The van der Waals surface area contributed by atoms with Gasteiger partial charge in [0.05, 0.1) is 17.7 Å². The molecule has 0 aromatic carbocycles. The van der Waals surface area contributed by atoms with E-state index in [2.05, 4.69) is 20.0 Å². The highest BCUT2D eigenvalue weighted by Crippen LogP contribution is 2.37. The third kappa shape index (κ3) is 3.00. The van der Waals surface area contributed by atoms with E-state index in [1.165, 1.54) is 13.3 Å². The Labute approximate surface area is 142 Å². The molecule has 0 spiro atoms. The van der Waals surface area contributed by atoms with Crippen LogP contribution in [-0.4, -0.2) is 34.1 Å². The Hall–Kier alpha value is -2.74. The highest BCUT2D eigenvalue weighted by Gasteiger charge is 2.28. The van der Waals surface area contributed by atoms with E-state index in [0.717, 1.165) is 17.0 Å². The van der Waals surface area contributed by atoms with Crippen LogP contribution >= 0.6 is 11.3 Å². The Morgan fingerprint density at radius 3 is 2.79 bits per heavy atom. The van der Waals surface area contributed by atoms with Gasteiger partial charge in [0.1, 0.15) is 5.76 Å². The molecule has 124 valence electrons. The number of Topliss-reactive ketones (excluding diaryl/α,β-unsaturated/α-hetero) is 1. The Morgan fingerprint density at radius 2 is 2.12 bits per heavy atom. The molecule has 0 radical (unpaired) electrons. The summed E-state index contributed by atoms with van der Waals surface area (Å²) in [5.74, 6) is -0.334. The number of allylic oxidation sites excluding steroid dienone is 1.